The molecule has 206 valence electrons. The van der Waals surface area contributed by atoms with Crippen LogP contribution in [-0.2, 0) is 23.1 Å². The maximum absolute atomic E-state index is 13.1. The summed E-state index contributed by atoms with van der Waals surface area (Å²) in [5.41, 5.74) is 10.1. The number of nitrogens with zero attached hydrogens (tertiary/aromatic N) is 6. The van der Waals surface area contributed by atoms with E-state index in [1.807, 2.05) is 0 Å². The molecule has 5 heterocycles. The molecule has 5 rings (SSSR count). The first-order valence-electron chi connectivity index (χ1n) is 11.5. The van der Waals surface area contributed by atoms with Gasteiger partial charge < -0.3 is 40.2 Å². The zero-order valence-electron chi connectivity index (χ0n) is 20.0. The van der Waals surface area contributed by atoms with Crippen LogP contribution in [-0.4, -0.2) is 88.6 Å². The van der Waals surface area contributed by atoms with Crippen molar-refractivity contribution in [2.75, 3.05) is 31.3 Å². The molecule has 2 aliphatic heterocycles. The number of aliphatic hydroxyl groups is 2. The third kappa shape index (κ3) is 5.19. The normalized spacial score (nSPS) is 29.1. The summed E-state index contributed by atoms with van der Waals surface area (Å²) in [6, 6.07) is 0. The highest BCUT2D eigenvalue weighted by molar-refractivity contribution is 7.53. The Labute approximate surface area is 213 Å². The predicted molar refractivity (Wildman–Crippen MR) is 128 cm³/mol. The smallest absolute Gasteiger partial charge is 0.354 e. The molecular weight excluding hydrogens is 529 g/mol. The standard InChI is InChI=1S/C19H26N9O9P/c1-38(33,34-5-11-8(30)2-12(36-11)28-7-23-17(20)26-19(28)32)37-9-3-13(35-10(9)4-29)27-6-22-14-15(27)24-18(21)25-16(14)31/h6-13,29-30H,2-5H2,1H3,(H2,20,26,32)(H3,21,24,25,31)/t8-,9-,10-,11-,12-,13-,38?/m1/s1. The second-order valence-corrected chi connectivity index (χ2v) is 10.9. The number of anilines is 2. The molecule has 3 aromatic heterocycles. The lowest BCUT2D eigenvalue weighted by Crippen LogP contribution is -2.30. The first kappa shape index (κ1) is 26.4. The number of aliphatic hydroxyl groups excluding tert-OH is 2. The molecule has 7 atom stereocenters. The Kier molecular flexibility index (Phi) is 7.03. The van der Waals surface area contributed by atoms with E-state index in [4.69, 9.17) is 30.0 Å². The molecule has 2 aliphatic rings. The zero-order valence-corrected chi connectivity index (χ0v) is 20.9. The van der Waals surface area contributed by atoms with E-state index in [1.54, 1.807) is 0 Å². The van der Waals surface area contributed by atoms with Crippen LogP contribution in [0.4, 0.5) is 11.9 Å². The topological polar surface area (TPSA) is 258 Å². The third-order valence-corrected chi connectivity index (χ3v) is 7.45. The maximum Gasteiger partial charge on any atom is 0.354 e. The van der Waals surface area contributed by atoms with Crippen LogP contribution in [0.1, 0.15) is 25.3 Å². The van der Waals surface area contributed by atoms with Gasteiger partial charge in [0, 0.05) is 19.5 Å². The quantitative estimate of drug-likeness (QED) is 0.190. The average molecular weight is 555 g/mol. The first-order valence-corrected chi connectivity index (χ1v) is 13.5. The Morgan fingerprint density at radius 3 is 2.58 bits per heavy atom. The second-order valence-electron chi connectivity index (χ2n) is 8.87. The maximum atomic E-state index is 13.1. The van der Waals surface area contributed by atoms with Crippen LogP contribution in [0.15, 0.2) is 22.2 Å². The third-order valence-electron chi connectivity index (χ3n) is 6.18. The van der Waals surface area contributed by atoms with Gasteiger partial charge in [-0.25, -0.2) is 14.8 Å². The van der Waals surface area contributed by atoms with E-state index >= 15 is 0 Å². The van der Waals surface area contributed by atoms with Crippen LogP contribution in [0.25, 0.3) is 11.2 Å². The van der Waals surface area contributed by atoms with E-state index in [1.165, 1.54) is 17.6 Å². The molecule has 0 bridgehead atoms. The van der Waals surface area contributed by atoms with Gasteiger partial charge in [0.1, 0.15) is 31.0 Å². The second kappa shape index (κ2) is 10.1. The van der Waals surface area contributed by atoms with E-state index in [2.05, 4.69) is 24.9 Å². The highest BCUT2D eigenvalue weighted by Gasteiger charge is 2.42. The van der Waals surface area contributed by atoms with Crippen molar-refractivity contribution < 1.29 is 33.3 Å². The molecule has 19 heteroatoms. The van der Waals surface area contributed by atoms with Gasteiger partial charge in [0.25, 0.3) is 5.56 Å². The average Bonchev–Trinajstić information content (AvgIpc) is 3.54. The number of ether oxygens (including phenoxy) is 2. The molecule has 7 N–H and O–H groups in total. The first-order chi connectivity index (χ1) is 18.0. The molecule has 2 saturated heterocycles. The van der Waals surface area contributed by atoms with Gasteiger partial charge in [-0.15, -0.1) is 0 Å². The highest BCUT2D eigenvalue weighted by Crippen LogP contribution is 2.49. The summed E-state index contributed by atoms with van der Waals surface area (Å²) >= 11 is 0. The molecule has 0 radical (unpaired) electrons. The summed E-state index contributed by atoms with van der Waals surface area (Å²) in [5.74, 6) is -0.295. The molecule has 0 saturated carbocycles. The Bertz CT molecular complexity index is 1490. The van der Waals surface area contributed by atoms with Gasteiger partial charge >= 0.3 is 13.3 Å². The number of aromatic amines is 1. The molecule has 0 spiro atoms. The largest absolute Gasteiger partial charge is 0.394 e. The number of hydrogen-bond acceptors (Lipinski definition) is 15. The van der Waals surface area contributed by atoms with Crippen molar-refractivity contribution in [3.05, 3.63) is 33.5 Å². The number of hydrogen-bond donors (Lipinski definition) is 5. The van der Waals surface area contributed by atoms with E-state index < -0.39 is 62.3 Å². The van der Waals surface area contributed by atoms with Gasteiger partial charge in [0.15, 0.2) is 11.2 Å². The van der Waals surface area contributed by atoms with Crippen molar-refractivity contribution in [3.8, 4) is 0 Å². The van der Waals surface area contributed by atoms with Crippen molar-refractivity contribution in [3.63, 3.8) is 0 Å². The lowest BCUT2D eigenvalue weighted by Gasteiger charge is -2.23. The van der Waals surface area contributed by atoms with Crippen LogP contribution >= 0.6 is 7.60 Å². The van der Waals surface area contributed by atoms with Gasteiger partial charge in [-0.3, -0.25) is 23.5 Å². The number of nitrogen functional groups attached to an aromatic ring is 2. The predicted octanol–water partition coefficient (Wildman–Crippen LogP) is -1.91. The Balaban J connectivity index is 1.23. The summed E-state index contributed by atoms with van der Waals surface area (Å²) in [4.78, 5) is 41.9. The van der Waals surface area contributed by atoms with Crippen molar-refractivity contribution in [2.24, 2.45) is 0 Å². The monoisotopic (exact) mass is 555 g/mol. The molecule has 1 unspecified atom stereocenters. The number of imidazole rings is 1. The highest BCUT2D eigenvalue weighted by atomic mass is 31.2. The molecular formula is C19H26N9O9P. The minimum atomic E-state index is -3.75. The van der Waals surface area contributed by atoms with Crippen molar-refractivity contribution in [1.82, 2.24) is 34.1 Å². The Morgan fingerprint density at radius 1 is 1.13 bits per heavy atom. The van der Waals surface area contributed by atoms with E-state index in [9.17, 15) is 24.4 Å². The minimum Gasteiger partial charge on any atom is -0.394 e. The van der Waals surface area contributed by atoms with Crippen LogP contribution in [0.3, 0.4) is 0 Å². The SMILES string of the molecule is CP(=O)(OC[C@H]1O[C@@H](n2cnc(N)nc2=O)C[C@H]1O)O[C@@H]1C[C@H](n2cnc3c(=O)[nH]c(N)nc32)O[C@@H]1CO. The molecule has 38 heavy (non-hydrogen) atoms. The molecule has 3 aromatic rings. The summed E-state index contributed by atoms with van der Waals surface area (Å²) in [6.07, 6.45) is -2.63. The molecule has 18 nitrogen and oxygen atoms in total. The van der Waals surface area contributed by atoms with E-state index in [-0.39, 0.29) is 42.5 Å². The zero-order chi connectivity index (χ0) is 27.2. The van der Waals surface area contributed by atoms with Crippen molar-refractivity contribution >= 4 is 30.7 Å². The molecule has 2 fully saturated rings. The summed E-state index contributed by atoms with van der Waals surface area (Å²) in [6.45, 7) is 0.476. The van der Waals surface area contributed by atoms with Gasteiger partial charge in [-0.2, -0.15) is 9.97 Å². The number of H-pyrrole nitrogens is 1. The van der Waals surface area contributed by atoms with Crippen molar-refractivity contribution in [1.29, 1.82) is 0 Å². The van der Waals surface area contributed by atoms with Gasteiger partial charge in [0.2, 0.25) is 11.9 Å². The van der Waals surface area contributed by atoms with Crippen LogP contribution in [0, 0.1) is 0 Å². The fraction of sp³-hybridized carbons (Fsp3) is 0.579. The number of rotatable bonds is 8. The molecule has 0 aliphatic carbocycles. The van der Waals surface area contributed by atoms with Gasteiger partial charge in [0.05, 0.1) is 31.7 Å². The summed E-state index contributed by atoms with van der Waals surface area (Å²) in [5, 5.41) is 20.2. The number of aromatic nitrogens is 7. The summed E-state index contributed by atoms with van der Waals surface area (Å²) < 4.78 is 38.4. The van der Waals surface area contributed by atoms with E-state index in [0.717, 1.165) is 10.9 Å². The number of nitrogens with one attached hydrogen (secondary N) is 1. The number of fused-ring (bicyclic) bond motifs is 1. The molecule has 0 aromatic carbocycles. The Morgan fingerprint density at radius 2 is 1.84 bits per heavy atom. The Hall–Kier alpha value is -3.25. The van der Waals surface area contributed by atoms with Gasteiger partial charge in [-0.05, 0) is 0 Å². The lowest BCUT2D eigenvalue weighted by atomic mass is 10.2. The molecule has 0 amide bonds. The van der Waals surface area contributed by atoms with Crippen LogP contribution < -0.4 is 22.7 Å². The minimum absolute atomic E-state index is 0.0427. The van der Waals surface area contributed by atoms with Gasteiger partial charge in [-0.1, -0.05) is 0 Å². The number of nitrogens with two attached hydrogens (primary N) is 2. The van der Waals surface area contributed by atoms with E-state index in [0.29, 0.717) is 0 Å². The van der Waals surface area contributed by atoms with Crippen molar-refractivity contribution in [2.45, 2.75) is 49.7 Å². The summed E-state index contributed by atoms with van der Waals surface area (Å²) in [7, 11) is -3.75. The lowest BCUT2D eigenvalue weighted by molar-refractivity contribution is -0.0512. The fourth-order valence-corrected chi connectivity index (χ4v) is 5.57. The van der Waals surface area contributed by atoms with Crippen LogP contribution in [0.5, 0.6) is 0 Å². The fourth-order valence-electron chi connectivity index (χ4n) is 4.37. The van der Waals surface area contributed by atoms with Crippen LogP contribution in [0.2, 0.25) is 0 Å².